The molecule has 166 valence electrons. The molecule has 2 N–H and O–H groups in total. The summed E-state index contributed by atoms with van der Waals surface area (Å²) in [4.78, 5) is 23.9. The topological polar surface area (TPSA) is 92.3 Å². The number of Topliss-reactive ketones (excluding diaryl/α,β-unsaturated/α-hetero) is 1. The summed E-state index contributed by atoms with van der Waals surface area (Å²) in [6.07, 6.45) is 0.700. The first-order valence-electron chi connectivity index (χ1n) is 10.3. The number of carbonyl (C=O) groups is 2. The molecular formula is C25H26N2O4S. The predicted octanol–water partition coefficient (Wildman–Crippen LogP) is 4.50. The van der Waals surface area contributed by atoms with Crippen molar-refractivity contribution in [1.82, 2.24) is 4.72 Å². The Hall–Kier alpha value is -3.29. The predicted molar refractivity (Wildman–Crippen MR) is 125 cm³/mol. The summed E-state index contributed by atoms with van der Waals surface area (Å²) in [7, 11) is -3.66. The van der Waals surface area contributed by atoms with Gasteiger partial charge < -0.3 is 5.32 Å². The fourth-order valence-electron chi connectivity index (χ4n) is 3.24. The molecule has 1 atom stereocenters. The monoisotopic (exact) mass is 450 g/mol. The normalized spacial score (nSPS) is 12.2. The summed E-state index contributed by atoms with van der Waals surface area (Å²) < 4.78 is 28.0. The maximum absolute atomic E-state index is 12.7. The van der Waals surface area contributed by atoms with Crippen LogP contribution in [0.4, 0.5) is 5.69 Å². The molecule has 0 aliphatic heterocycles. The van der Waals surface area contributed by atoms with E-state index in [2.05, 4.69) is 10.0 Å². The summed E-state index contributed by atoms with van der Waals surface area (Å²) in [5, 5.41) is 2.78. The average Bonchev–Trinajstić information content (AvgIpc) is 2.78. The first kappa shape index (κ1) is 23.4. The largest absolute Gasteiger partial charge is 0.326 e. The number of ketones is 1. The van der Waals surface area contributed by atoms with Crippen molar-refractivity contribution in [2.45, 2.75) is 37.6 Å². The lowest BCUT2D eigenvalue weighted by Gasteiger charge is -2.15. The van der Waals surface area contributed by atoms with Gasteiger partial charge in [-0.05, 0) is 55.7 Å². The van der Waals surface area contributed by atoms with E-state index in [1.54, 1.807) is 55.5 Å². The Morgan fingerprint density at radius 2 is 1.59 bits per heavy atom. The zero-order valence-electron chi connectivity index (χ0n) is 18.0. The number of hydrogen-bond donors (Lipinski definition) is 2. The van der Waals surface area contributed by atoms with Crippen LogP contribution in [0.2, 0.25) is 0 Å². The molecule has 3 aromatic rings. The fraction of sp³-hybridized carbons (Fsp3) is 0.200. The lowest BCUT2D eigenvalue weighted by atomic mass is 10.1. The summed E-state index contributed by atoms with van der Waals surface area (Å²) >= 11 is 0. The number of amides is 1. The van der Waals surface area contributed by atoms with E-state index in [1.807, 2.05) is 30.3 Å². The lowest BCUT2D eigenvalue weighted by Crippen LogP contribution is -2.26. The number of hydrogen-bond acceptors (Lipinski definition) is 4. The van der Waals surface area contributed by atoms with Crippen molar-refractivity contribution in [2.24, 2.45) is 0 Å². The van der Waals surface area contributed by atoms with Gasteiger partial charge in [0.15, 0.2) is 5.78 Å². The molecule has 3 rings (SSSR count). The van der Waals surface area contributed by atoms with Crippen molar-refractivity contribution in [2.75, 3.05) is 5.32 Å². The molecule has 0 aliphatic rings. The molecule has 32 heavy (non-hydrogen) atoms. The van der Waals surface area contributed by atoms with E-state index in [9.17, 15) is 18.0 Å². The van der Waals surface area contributed by atoms with E-state index in [4.69, 9.17) is 0 Å². The minimum absolute atomic E-state index is 0.0659. The van der Waals surface area contributed by atoms with Crippen LogP contribution in [0, 0.1) is 0 Å². The van der Waals surface area contributed by atoms with Gasteiger partial charge in [-0.3, -0.25) is 9.59 Å². The fourth-order valence-corrected chi connectivity index (χ4v) is 4.48. The third-order valence-corrected chi connectivity index (χ3v) is 6.62. The number of rotatable bonds is 9. The first-order valence-corrected chi connectivity index (χ1v) is 11.8. The van der Waals surface area contributed by atoms with Crippen LogP contribution in [0.25, 0.3) is 0 Å². The molecule has 0 aromatic heterocycles. The molecular weight excluding hydrogens is 424 g/mol. The zero-order valence-corrected chi connectivity index (χ0v) is 18.9. The molecule has 0 spiro atoms. The highest BCUT2D eigenvalue weighted by Gasteiger charge is 2.18. The van der Waals surface area contributed by atoms with Crippen LogP contribution in [0.3, 0.4) is 0 Å². The Labute approximate surface area is 188 Å². The smallest absolute Gasteiger partial charge is 0.241 e. The van der Waals surface area contributed by atoms with E-state index in [1.165, 1.54) is 6.92 Å². The van der Waals surface area contributed by atoms with Crippen molar-refractivity contribution in [3.8, 4) is 0 Å². The number of sulfonamides is 1. The van der Waals surface area contributed by atoms with Gasteiger partial charge in [0.05, 0.1) is 4.90 Å². The summed E-state index contributed by atoms with van der Waals surface area (Å²) in [5.74, 6) is -0.246. The highest BCUT2D eigenvalue weighted by Crippen LogP contribution is 2.18. The third-order valence-electron chi connectivity index (χ3n) is 5.06. The van der Waals surface area contributed by atoms with Crippen molar-refractivity contribution in [1.29, 1.82) is 0 Å². The third kappa shape index (κ3) is 6.35. The molecule has 0 saturated carbocycles. The van der Waals surface area contributed by atoms with Gasteiger partial charge in [0.1, 0.15) is 0 Å². The van der Waals surface area contributed by atoms with Crippen molar-refractivity contribution < 1.29 is 18.0 Å². The zero-order chi connectivity index (χ0) is 23.1. The van der Waals surface area contributed by atoms with Gasteiger partial charge in [-0.2, -0.15) is 0 Å². The standard InChI is InChI=1S/C25H26N2O4S/c1-18(21-7-4-3-5-8-21)27-32(30,31)24-14-11-20(12-15-24)13-16-25(29)26-23-10-6-9-22(17-23)19(2)28/h3-12,14-15,17-18,27H,13,16H2,1-2H3,(H,26,29)/t18-/m1/s1. The Balaban J connectivity index is 1.56. The van der Waals surface area contributed by atoms with Crippen LogP contribution in [0.15, 0.2) is 83.8 Å². The maximum Gasteiger partial charge on any atom is 0.241 e. The Morgan fingerprint density at radius 1 is 0.906 bits per heavy atom. The molecule has 0 aliphatic carbocycles. The van der Waals surface area contributed by atoms with E-state index < -0.39 is 10.0 Å². The van der Waals surface area contributed by atoms with Crippen LogP contribution >= 0.6 is 0 Å². The Morgan fingerprint density at radius 3 is 2.25 bits per heavy atom. The number of anilines is 1. The van der Waals surface area contributed by atoms with Crippen molar-refractivity contribution in [3.05, 3.63) is 95.6 Å². The van der Waals surface area contributed by atoms with Crippen molar-refractivity contribution >= 4 is 27.4 Å². The second-order valence-electron chi connectivity index (χ2n) is 7.58. The molecule has 7 heteroatoms. The molecule has 0 saturated heterocycles. The van der Waals surface area contributed by atoms with E-state index >= 15 is 0 Å². The Bertz CT molecular complexity index is 1190. The molecule has 1 amide bonds. The van der Waals surface area contributed by atoms with Gasteiger partial charge in [0.2, 0.25) is 15.9 Å². The second-order valence-corrected chi connectivity index (χ2v) is 9.30. The quantitative estimate of drug-likeness (QED) is 0.470. The van der Waals surface area contributed by atoms with Gasteiger partial charge in [0.25, 0.3) is 0 Å². The molecule has 0 heterocycles. The van der Waals surface area contributed by atoms with Gasteiger partial charge in [-0.25, -0.2) is 13.1 Å². The van der Waals surface area contributed by atoms with Crippen LogP contribution in [-0.4, -0.2) is 20.1 Å². The minimum Gasteiger partial charge on any atom is -0.326 e. The molecule has 6 nitrogen and oxygen atoms in total. The number of nitrogens with one attached hydrogen (secondary N) is 2. The first-order chi connectivity index (χ1) is 15.2. The molecule has 0 fully saturated rings. The summed E-state index contributed by atoms with van der Waals surface area (Å²) in [6.45, 7) is 3.27. The van der Waals surface area contributed by atoms with E-state index in [-0.39, 0.29) is 29.0 Å². The van der Waals surface area contributed by atoms with Crippen LogP contribution in [-0.2, 0) is 21.2 Å². The van der Waals surface area contributed by atoms with E-state index in [0.717, 1.165) is 11.1 Å². The SMILES string of the molecule is CC(=O)c1cccc(NC(=O)CCc2ccc(S(=O)(=O)N[C@H](C)c3ccccc3)cc2)c1. The minimum atomic E-state index is -3.66. The van der Waals surface area contributed by atoms with Crippen LogP contribution < -0.4 is 10.0 Å². The molecule has 0 radical (unpaired) electrons. The van der Waals surface area contributed by atoms with Crippen LogP contribution in [0.1, 0.15) is 47.8 Å². The van der Waals surface area contributed by atoms with Gasteiger partial charge in [-0.1, -0.05) is 54.6 Å². The number of benzene rings is 3. The maximum atomic E-state index is 12.7. The Kier molecular flexibility index (Phi) is 7.56. The highest BCUT2D eigenvalue weighted by atomic mass is 32.2. The molecule has 0 unspecified atom stereocenters. The number of aryl methyl sites for hydroxylation is 1. The highest BCUT2D eigenvalue weighted by molar-refractivity contribution is 7.89. The van der Waals surface area contributed by atoms with Gasteiger partial charge in [0, 0.05) is 23.7 Å². The van der Waals surface area contributed by atoms with Crippen molar-refractivity contribution in [3.63, 3.8) is 0 Å². The van der Waals surface area contributed by atoms with E-state index in [0.29, 0.717) is 17.7 Å². The number of carbonyl (C=O) groups excluding carboxylic acids is 2. The molecule has 0 bridgehead atoms. The van der Waals surface area contributed by atoms with Crippen LogP contribution in [0.5, 0.6) is 0 Å². The summed E-state index contributed by atoms with van der Waals surface area (Å²) in [5.41, 5.74) is 2.85. The molecule has 3 aromatic carbocycles. The van der Waals surface area contributed by atoms with Gasteiger partial charge >= 0.3 is 0 Å². The average molecular weight is 451 g/mol. The lowest BCUT2D eigenvalue weighted by molar-refractivity contribution is -0.116. The van der Waals surface area contributed by atoms with Gasteiger partial charge in [-0.15, -0.1) is 0 Å². The second kappa shape index (κ2) is 10.3. The summed E-state index contributed by atoms with van der Waals surface area (Å²) in [6, 6.07) is 22.3.